The van der Waals surface area contributed by atoms with Gasteiger partial charge in [0, 0.05) is 16.8 Å². The van der Waals surface area contributed by atoms with Crippen molar-refractivity contribution in [1.29, 1.82) is 0 Å². The number of rotatable bonds is 7. The average Bonchev–Trinajstić information content (AvgIpc) is 2.75. The smallest absolute Gasteiger partial charge is 0.416 e. The van der Waals surface area contributed by atoms with Crippen molar-refractivity contribution in [3.8, 4) is 5.75 Å². The second-order valence-electron chi connectivity index (χ2n) is 6.74. The fraction of sp³-hybridized carbons (Fsp3) is 0.174. The van der Waals surface area contributed by atoms with Crippen molar-refractivity contribution in [2.75, 3.05) is 12.4 Å². The molecule has 3 aromatic rings. The first-order valence-electron chi connectivity index (χ1n) is 9.36. The SMILES string of the molecule is COc1ccc(C[NH2+][C@@H](C(=O)Nc2cccc(C(F)(F)F)c2)c2ccccc2)cc1. The van der Waals surface area contributed by atoms with Crippen LogP contribution in [-0.4, -0.2) is 13.0 Å². The van der Waals surface area contributed by atoms with Crippen LogP contribution in [0.15, 0.2) is 78.9 Å². The van der Waals surface area contributed by atoms with E-state index in [1.54, 1.807) is 7.11 Å². The van der Waals surface area contributed by atoms with Crippen molar-refractivity contribution < 1.29 is 28.0 Å². The fourth-order valence-corrected chi connectivity index (χ4v) is 3.06. The number of benzene rings is 3. The van der Waals surface area contributed by atoms with Gasteiger partial charge in [-0.3, -0.25) is 4.79 Å². The van der Waals surface area contributed by atoms with E-state index >= 15 is 0 Å². The molecule has 0 spiro atoms. The van der Waals surface area contributed by atoms with Gasteiger partial charge in [0.05, 0.1) is 12.7 Å². The van der Waals surface area contributed by atoms with E-state index in [9.17, 15) is 18.0 Å². The van der Waals surface area contributed by atoms with Gasteiger partial charge >= 0.3 is 6.18 Å². The largest absolute Gasteiger partial charge is 0.497 e. The lowest BCUT2D eigenvalue weighted by Gasteiger charge is -2.17. The zero-order valence-corrected chi connectivity index (χ0v) is 16.3. The molecule has 0 bridgehead atoms. The van der Waals surface area contributed by atoms with E-state index in [1.165, 1.54) is 12.1 Å². The fourth-order valence-electron chi connectivity index (χ4n) is 3.06. The van der Waals surface area contributed by atoms with Crippen molar-refractivity contribution in [3.63, 3.8) is 0 Å². The van der Waals surface area contributed by atoms with Crippen molar-refractivity contribution in [2.24, 2.45) is 0 Å². The third kappa shape index (κ3) is 5.61. The second kappa shape index (κ2) is 9.45. The molecule has 4 nitrogen and oxygen atoms in total. The Labute approximate surface area is 172 Å². The highest BCUT2D eigenvalue weighted by atomic mass is 19.4. The monoisotopic (exact) mass is 415 g/mol. The number of halogens is 3. The summed E-state index contributed by atoms with van der Waals surface area (Å²) in [5.41, 5.74) is 1.05. The van der Waals surface area contributed by atoms with Gasteiger partial charge in [0.1, 0.15) is 12.3 Å². The van der Waals surface area contributed by atoms with E-state index < -0.39 is 23.7 Å². The number of amides is 1. The molecule has 0 radical (unpaired) electrons. The maximum Gasteiger partial charge on any atom is 0.416 e. The Kier molecular flexibility index (Phi) is 6.74. The maximum atomic E-state index is 13.0. The number of hydrogen-bond acceptors (Lipinski definition) is 2. The van der Waals surface area contributed by atoms with Gasteiger partial charge in [0.15, 0.2) is 6.04 Å². The van der Waals surface area contributed by atoms with Crippen LogP contribution in [0.4, 0.5) is 18.9 Å². The number of nitrogens with one attached hydrogen (secondary N) is 1. The summed E-state index contributed by atoms with van der Waals surface area (Å²) in [6.07, 6.45) is -4.47. The number of alkyl halides is 3. The number of hydrogen-bond donors (Lipinski definition) is 2. The first kappa shape index (κ1) is 21.4. The van der Waals surface area contributed by atoms with Gasteiger partial charge in [0.25, 0.3) is 5.91 Å². The van der Waals surface area contributed by atoms with E-state index in [0.717, 1.165) is 29.0 Å². The summed E-state index contributed by atoms with van der Waals surface area (Å²) in [4.78, 5) is 13.0. The zero-order chi connectivity index (χ0) is 21.6. The van der Waals surface area contributed by atoms with Crippen LogP contribution in [0.5, 0.6) is 5.75 Å². The molecule has 0 unspecified atom stereocenters. The summed E-state index contributed by atoms with van der Waals surface area (Å²) in [5, 5.41) is 4.46. The third-order valence-electron chi connectivity index (χ3n) is 4.65. The summed E-state index contributed by atoms with van der Waals surface area (Å²) < 4.78 is 44.0. The number of nitrogens with two attached hydrogens (primary N) is 1. The normalized spacial score (nSPS) is 12.3. The van der Waals surface area contributed by atoms with Gasteiger partial charge in [-0.2, -0.15) is 13.2 Å². The number of carbonyl (C=O) groups excluding carboxylic acids is 1. The number of ether oxygens (including phenoxy) is 1. The van der Waals surface area contributed by atoms with Gasteiger partial charge < -0.3 is 15.4 Å². The summed E-state index contributed by atoms with van der Waals surface area (Å²) in [5.74, 6) is 0.342. The lowest BCUT2D eigenvalue weighted by molar-refractivity contribution is -0.697. The minimum atomic E-state index is -4.47. The van der Waals surface area contributed by atoms with Crippen LogP contribution >= 0.6 is 0 Å². The summed E-state index contributed by atoms with van der Waals surface area (Å²) in [6, 6.07) is 20.6. The Morgan fingerprint density at radius 2 is 1.70 bits per heavy atom. The van der Waals surface area contributed by atoms with E-state index in [0.29, 0.717) is 6.54 Å². The highest BCUT2D eigenvalue weighted by Gasteiger charge is 2.31. The standard InChI is InChI=1S/C23H21F3N2O2/c1-30-20-12-10-16(11-13-20)15-27-21(17-6-3-2-4-7-17)22(29)28-19-9-5-8-18(14-19)23(24,25)26/h2-14,21,27H,15H2,1H3,(H,28,29)/p+1/t21-/m1/s1. The molecule has 156 valence electrons. The van der Waals surface area contributed by atoms with Gasteiger partial charge in [-0.25, -0.2) is 0 Å². The minimum Gasteiger partial charge on any atom is -0.497 e. The van der Waals surface area contributed by atoms with Crippen molar-refractivity contribution in [1.82, 2.24) is 0 Å². The molecule has 3 N–H and O–H groups in total. The van der Waals surface area contributed by atoms with E-state index in [-0.39, 0.29) is 5.69 Å². The second-order valence-corrected chi connectivity index (χ2v) is 6.74. The predicted molar refractivity (Wildman–Crippen MR) is 108 cm³/mol. The predicted octanol–water partition coefficient (Wildman–Crippen LogP) is 4.16. The van der Waals surface area contributed by atoms with Gasteiger partial charge in [0.2, 0.25) is 0 Å². The first-order chi connectivity index (χ1) is 14.4. The van der Waals surface area contributed by atoms with Crippen molar-refractivity contribution in [2.45, 2.75) is 18.8 Å². The van der Waals surface area contributed by atoms with Crippen LogP contribution in [0.1, 0.15) is 22.7 Å². The molecule has 0 aromatic heterocycles. The number of anilines is 1. The Hall–Kier alpha value is -3.32. The van der Waals surface area contributed by atoms with Crippen LogP contribution in [-0.2, 0) is 17.5 Å². The molecule has 0 aliphatic rings. The summed E-state index contributed by atoms with van der Waals surface area (Å²) in [6.45, 7) is 0.513. The van der Waals surface area contributed by atoms with E-state index in [4.69, 9.17) is 4.74 Å². The van der Waals surface area contributed by atoms with Crippen LogP contribution in [0.25, 0.3) is 0 Å². The van der Waals surface area contributed by atoms with Crippen LogP contribution in [0.2, 0.25) is 0 Å². The number of carbonyl (C=O) groups is 1. The molecule has 0 heterocycles. The lowest BCUT2D eigenvalue weighted by atomic mass is 10.1. The van der Waals surface area contributed by atoms with Crippen LogP contribution in [0, 0.1) is 0 Å². The minimum absolute atomic E-state index is 0.105. The Balaban J connectivity index is 1.77. The number of methoxy groups -OCH3 is 1. The molecule has 0 aliphatic carbocycles. The highest BCUT2D eigenvalue weighted by Crippen LogP contribution is 2.30. The molecule has 7 heteroatoms. The molecule has 0 saturated heterocycles. The third-order valence-corrected chi connectivity index (χ3v) is 4.65. The molecular formula is C23H22F3N2O2+. The summed E-state index contributed by atoms with van der Waals surface area (Å²) in [7, 11) is 1.59. The molecule has 3 aromatic carbocycles. The van der Waals surface area contributed by atoms with Gasteiger partial charge in [-0.1, -0.05) is 36.4 Å². The zero-order valence-electron chi connectivity index (χ0n) is 16.3. The van der Waals surface area contributed by atoms with Crippen LogP contribution in [0.3, 0.4) is 0 Å². The van der Waals surface area contributed by atoms with Gasteiger partial charge in [-0.15, -0.1) is 0 Å². The van der Waals surface area contributed by atoms with E-state index in [2.05, 4.69) is 5.32 Å². The van der Waals surface area contributed by atoms with Crippen molar-refractivity contribution >= 4 is 11.6 Å². The molecular weight excluding hydrogens is 393 g/mol. The molecule has 1 amide bonds. The lowest BCUT2D eigenvalue weighted by Crippen LogP contribution is -2.85. The highest BCUT2D eigenvalue weighted by molar-refractivity contribution is 5.94. The van der Waals surface area contributed by atoms with E-state index in [1.807, 2.05) is 59.9 Å². The molecule has 30 heavy (non-hydrogen) atoms. The molecule has 0 saturated carbocycles. The first-order valence-corrected chi connectivity index (χ1v) is 9.36. The number of quaternary nitrogens is 1. The summed E-state index contributed by atoms with van der Waals surface area (Å²) >= 11 is 0. The van der Waals surface area contributed by atoms with Gasteiger partial charge in [-0.05, 0) is 42.5 Å². The quantitative estimate of drug-likeness (QED) is 0.609. The maximum absolute atomic E-state index is 13.0. The topological polar surface area (TPSA) is 54.9 Å². The molecule has 1 atom stereocenters. The Morgan fingerprint density at radius 1 is 1.00 bits per heavy atom. The Bertz CT molecular complexity index is 974. The molecule has 0 aliphatic heterocycles. The van der Waals surface area contributed by atoms with Crippen LogP contribution < -0.4 is 15.4 Å². The molecule has 0 fully saturated rings. The Morgan fingerprint density at radius 3 is 2.33 bits per heavy atom. The van der Waals surface area contributed by atoms with Crippen molar-refractivity contribution in [3.05, 3.63) is 95.6 Å². The average molecular weight is 415 g/mol. The molecule has 3 rings (SSSR count).